The summed E-state index contributed by atoms with van der Waals surface area (Å²) in [5.74, 6) is -2.26. The summed E-state index contributed by atoms with van der Waals surface area (Å²) in [6.07, 6.45) is 14.3. The van der Waals surface area contributed by atoms with Crippen LogP contribution in [0.1, 0.15) is 107 Å². The zero-order valence-electron chi connectivity index (χ0n) is 24.2. The SMILES string of the molecule is CCCCCCCCCCc1ccc(-c2c(-c3ccccc3)ccc(C(=O)OOCCCCCC)c2F)c(F)c1. The van der Waals surface area contributed by atoms with Crippen molar-refractivity contribution in [2.45, 2.75) is 97.3 Å². The number of carbonyl (C=O) groups excluding carboxylic acids is 1. The molecular weight excluding hydrogens is 506 g/mol. The standard InChI is InChI=1S/C35H44F2O3/c1-3-5-7-9-10-11-12-14-18-27-21-22-30(32(36)26-27)33-29(28-19-15-13-16-20-28)23-24-31(34(33)37)35(38)40-39-25-17-8-6-4-2/h13,15-16,19-24,26H,3-12,14,17-18,25H2,1-2H3. The summed E-state index contributed by atoms with van der Waals surface area (Å²) in [6.45, 7) is 4.57. The van der Waals surface area contributed by atoms with Crippen molar-refractivity contribution >= 4 is 5.97 Å². The highest BCUT2D eigenvalue weighted by Gasteiger charge is 2.24. The van der Waals surface area contributed by atoms with Gasteiger partial charge >= 0.3 is 5.97 Å². The van der Waals surface area contributed by atoms with E-state index in [0.29, 0.717) is 5.56 Å². The van der Waals surface area contributed by atoms with E-state index in [-0.39, 0.29) is 23.3 Å². The quantitative estimate of drug-likeness (QED) is 0.0898. The highest BCUT2D eigenvalue weighted by atomic mass is 19.1. The Balaban J connectivity index is 1.76. The van der Waals surface area contributed by atoms with E-state index >= 15 is 8.78 Å². The molecule has 0 fully saturated rings. The second-order valence-electron chi connectivity index (χ2n) is 10.5. The van der Waals surface area contributed by atoms with Gasteiger partial charge in [0, 0.05) is 11.1 Å². The maximum atomic E-state index is 16.0. The Morgan fingerprint density at radius 3 is 2.00 bits per heavy atom. The highest BCUT2D eigenvalue weighted by molar-refractivity contribution is 5.95. The van der Waals surface area contributed by atoms with Crippen LogP contribution in [0.2, 0.25) is 0 Å². The number of unbranched alkanes of at least 4 members (excludes halogenated alkanes) is 10. The number of aryl methyl sites for hydroxylation is 1. The van der Waals surface area contributed by atoms with Gasteiger partial charge in [-0.15, -0.1) is 0 Å². The Hall–Kier alpha value is -3.05. The molecule has 0 saturated heterocycles. The topological polar surface area (TPSA) is 35.5 Å². The predicted molar refractivity (Wildman–Crippen MR) is 159 cm³/mol. The molecule has 0 aliphatic carbocycles. The molecule has 0 spiro atoms. The Morgan fingerprint density at radius 1 is 0.700 bits per heavy atom. The summed E-state index contributed by atoms with van der Waals surface area (Å²) in [5.41, 5.74) is 1.99. The summed E-state index contributed by atoms with van der Waals surface area (Å²) >= 11 is 0. The molecule has 5 heteroatoms. The number of hydrogen-bond donors (Lipinski definition) is 0. The van der Waals surface area contributed by atoms with Crippen LogP contribution in [0, 0.1) is 11.6 Å². The number of carbonyl (C=O) groups is 1. The van der Waals surface area contributed by atoms with Crippen LogP contribution >= 0.6 is 0 Å². The minimum absolute atomic E-state index is 0.0414. The molecule has 0 radical (unpaired) electrons. The van der Waals surface area contributed by atoms with Crippen molar-refractivity contribution in [3.63, 3.8) is 0 Å². The van der Waals surface area contributed by atoms with Gasteiger partial charge in [0.25, 0.3) is 0 Å². The molecule has 3 aromatic rings. The molecule has 0 N–H and O–H groups in total. The van der Waals surface area contributed by atoms with Crippen molar-refractivity contribution in [3.05, 3.63) is 83.4 Å². The predicted octanol–water partition coefficient (Wildman–Crippen LogP) is 10.7. The fourth-order valence-corrected chi connectivity index (χ4v) is 4.96. The molecule has 40 heavy (non-hydrogen) atoms. The Morgan fingerprint density at radius 2 is 1.32 bits per heavy atom. The van der Waals surface area contributed by atoms with Crippen LogP contribution in [0.25, 0.3) is 22.3 Å². The van der Waals surface area contributed by atoms with Gasteiger partial charge in [0.2, 0.25) is 0 Å². The Bertz CT molecular complexity index is 1180. The zero-order chi connectivity index (χ0) is 28.6. The van der Waals surface area contributed by atoms with E-state index in [0.717, 1.165) is 56.1 Å². The summed E-state index contributed by atoms with van der Waals surface area (Å²) in [7, 11) is 0. The van der Waals surface area contributed by atoms with Gasteiger partial charge in [0.1, 0.15) is 11.6 Å². The summed E-state index contributed by atoms with van der Waals surface area (Å²) in [6, 6.07) is 17.2. The van der Waals surface area contributed by atoms with Crippen molar-refractivity contribution in [3.8, 4) is 22.3 Å². The average Bonchev–Trinajstić information content (AvgIpc) is 2.97. The summed E-state index contributed by atoms with van der Waals surface area (Å²) < 4.78 is 31.5. The highest BCUT2D eigenvalue weighted by Crippen LogP contribution is 2.37. The number of benzene rings is 3. The molecule has 0 aliphatic rings. The molecule has 0 saturated carbocycles. The normalized spacial score (nSPS) is 11.1. The van der Waals surface area contributed by atoms with Crippen molar-refractivity contribution in [2.24, 2.45) is 0 Å². The lowest BCUT2D eigenvalue weighted by atomic mass is 9.91. The van der Waals surface area contributed by atoms with Crippen LogP contribution in [-0.2, 0) is 16.2 Å². The zero-order valence-corrected chi connectivity index (χ0v) is 24.2. The van der Waals surface area contributed by atoms with E-state index in [1.54, 1.807) is 12.1 Å². The van der Waals surface area contributed by atoms with Crippen molar-refractivity contribution < 1.29 is 23.4 Å². The van der Waals surface area contributed by atoms with Gasteiger partial charge in [0.15, 0.2) is 0 Å². The number of rotatable bonds is 18. The smallest absolute Gasteiger partial charge is 0.293 e. The summed E-state index contributed by atoms with van der Waals surface area (Å²) in [4.78, 5) is 22.6. The molecule has 0 heterocycles. The van der Waals surface area contributed by atoms with E-state index < -0.39 is 17.6 Å². The first kappa shape index (κ1) is 31.5. The summed E-state index contributed by atoms with van der Waals surface area (Å²) in [5, 5.41) is 0. The molecule has 0 unspecified atom stereocenters. The first-order valence-corrected chi connectivity index (χ1v) is 15.1. The molecular formula is C35H44F2O3. The van der Waals surface area contributed by atoms with Gasteiger partial charge < -0.3 is 0 Å². The Kier molecular flexibility index (Phi) is 13.9. The van der Waals surface area contributed by atoms with Gasteiger partial charge in [-0.3, -0.25) is 4.89 Å². The maximum Gasteiger partial charge on any atom is 0.376 e. The molecule has 0 atom stereocenters. The van der Waals surface area contributed by atoms with Gasteiger partial charge in [-0.2, -0.15) is 4.89 Å². The monoisotopic (exact) mass is 550 g/mol. The lowest BCUT2D eigenvalue weighted by Gasteiger charge is -2.15. The maximum absolute atomic E-state index is 16.0. The van der Waals surface area contributed by atoms with Gasteiger partial charge in [0.05, 0.1) is 12.2 Å². The minimum atomic E-state index is -0.930. The second kappa shape index (κ2) is 17.6. The fourth-order valence-electron chi connectivity index (χ4n) is 4.96. The van der Waals surface area contributed by atoms with Crippen LogP contribution < -0.4 is 0 Å². The molecule has 0 amide bonds. The van der Waals surface area contributed by atoms with Crippen LogP contribution in [0.5, 0.6) is 0 Å². The lowest BCUT2D eigenvalue weighted by molar-refractivity contribution is -0.241. The van der Waals surface area contributed by atoms with Crippen LogP contribution in [0.4, 0.5) is 8.78 Å². The number of hydrogen-bond acceptors (Lipinski definition) is 3. The molecule has 0 aromatic heterocycles. The van der Waals surface area contributed by atoms with E-state index in [2.05, 4.69) is 13.8 Å². The third-order valence-corrected chi connectivity index (χ3v) is 7.28. The van der Waals surface area contributed by atoms with Crippen LogP contribution in [0.3, 0.4) is 0 Å². The van der Waals surface area contributed by atoms with E-state index in [9.17, 15) is 4.79 Å². The third kappa shape index (κ3) is 9.55. The van der Waals surface area contributed by atoms with E-state index in [4.69, 9.17) is 9.78 Å². The van der Waals surface area contributed by atoms with Crippen molar-refractivity contribution in [1.29, 1.82) is 0 Å². The minimum Gasteiger partial charge on any atom is -0.293 e. The van der Waals surface area contributed by atoms with Crippen LogP contribution in [-0.4, -0.2) is 12.6 Å². The van der Waals surface area contributed by atoms with Gasteiger partial charge in [-0.1, -0.05) is 127 Å². The molecule has 216 valence electrons. The molecule has 0 bridgehead atoms. The van der Waals surface area contributed by atoms with Crippen LogP contribution in [0.15, 0.2) is 60.7 Å². The molecule has 3 aromatic carbocycles. The van der Waals surface area contributed by atoms with Gasteiger partial charge in [-0.05, 0) is 48.1 Å². The van der Waals surface area contributed by atoms with E-state index in [1.165, 1.54) is 50.7 Å². The molecule has 3 nitrogen and oxygen atoms in total. The fraction of sp³-hybridized carbons (Fsp3) is 0.457. The second-order valence-corrected chi connectivity index (χ2v) is 10.5. The first-order valence-electron chi connectivity index (χ1n) is 15.1. The number of halogens is 2. The first-order chi connectivity index (χ1) is 19.6. The third-order valence-electron chi connectivity index (χ3n) is 7.28. The van der Waals surface area contributed by atoms with Crippen molar-refractivity contribution in [2.75, 3.05) is 6.61 Å². The Labute approximate surface area is 238 Å². The average molecular weight is 551 g/mol. The van der Waals surface area contributed by atoms with E-state index in [1.807, 2.05) is 36.4 Å². The van der Waals surface area contributed by atoms with Gasteiger partial charge in [-0.25, -0.2) is 13.6 Å². The largest absolute Gasteiger partial charge is 0.376 e. The molecule has 0 aliphatic heterocycles. The molecule has 3 rings (SSSR count). The van der Waals surface area contributed by atoms with Crippen molar-refractivity contribution in [1.82, 2.24) is 0 Å². The lowest BCUT2D eigenvalue weighted by Crippen LogP contribution is -2.10.